The number of thioether (sulfide) groups is 1. The van der Waals surface area contributed by atoms with Gasteiger partial charge in [-0.25, -0.2) is 0 Å². The second-order valence-corrected chi connectivity index (χ2v) is 4.70. The van der Waals surface area contributed by atoms with Crippen molar-refractivity contribution in [3.8, 4) is 0 Å². The van der Waals surface area contributed by atoms with Crippen LogP contribution in [-0.2, 0) is 9.47 Å². The van der Waals surface area contributed by atoms with E-state index in [0.717, 1.165) is 25.2 Å². The molecule has 0 aromatic heterocycles. The molecule has 2 nitrogen and oxygen atoms in total. The second-order valence-electron chi connectivity index (χ2n) is 3.71. The van der Waals surface area contributed by atoms with Crippen LogP contribution in [0.3, 0.4) is 0 Å². The fourth-order valence-electron chi connectivity index (χ4n) is 1.78. The van der Waals surface area contributed by atoms with Gasteiger partial charge in [0.1, 0.15) is 0 Å². The molecule has 78 valence electrons. The first-order valence-electron chi connectivity index (χ1n) is 4.98. The zero-order valence-corrected chi connectivity index (χ0v) is 9.60. The van der Waals surface area contributed by atoms with E-state index in [1.165, 1.54) is 0 Å². The minimum absolute atomic E-state index is 0.364. The Morgan fingerprint density at radius 1 is 1.31 bits per heavy atom. The summed E-state index contributed by atoms with van der Waals surface area (Å²) in [5.41, 5.74) is 0. The number of rotatable bonds is 4. The van der Waals surface area contributed by atoms with E-state index >= 15 is 0 Å². The second kappa shape index (κ2) is 5.89. The Morgan fingerprint density at radius 2 is 1.92 bits per heavy atom. The van der Waals surface area contributed by atoms with Crippen LogP contribution in [-0.4, -0.2) is 36.9 Å². The van der Waals surface area contributed by atoms with Crippen LogP contribution in [0.2, 0.25) is 0 Å². The molecule has 0 aromatic carbocycles. The highest BCUT2D eigenvalue weighted by Crippen LogP contribution is 2.21. The lowest BCUT2D eigenvalue weighted by Gasteiger charge is -2.31. The molecule has 0 aliphatic carbocycles. The lowest BCUT2D eigenvalue weighted by molar-refractivity contribution is -0.0989. The van der Waals surface area contributed by atoms with Crippen molar-refractivity contribution in [2.45, 2.75) is 45.0 Å². The van der Waals surface area contributed by atoms with Gasteiger partial charge in [-0.1, -0.05) is 0 Å². The van der Waals surface area contributed by atoms with Crippen LogP contribution in [0.5, 0.6) is 0 Å². The van der Waals surface area contributed by atoms with Gasteiger partial charge in [0.05, 0.1) is 24.9 Å². The predicted molar refractivity (Wildman–Crippen MR) is 57.4 cm³/mol. The quantitative estimate of drug-likeness (QED) is 0.655. The summed E-state index contributed by atoms with van der Waals surface area (Å²) in [4.78, 5) is 0. The fraction of sp³-hybridized carbons (Fsp3) is 1.00. The van der Waals surface area contributed by atoms with Gasteiger partial charge in [-0.15, -0.1) is 0 Å². The van der Waals surface area contributed by atoms with Gasteiger partial charge in [-0.3, -0.25) is 0 Å². The molecule has 1 aliphatic rings. The van der Waals surface area contributed by atoms with Crippen molar-refractivity contribution in [2.24, 2.45) is 0 Å². The van der Waals surface area contributed by atoms with E-state index in [-0.39, 0.29) is 0 Å². The molecule has 1 aliphatic heterocycles. The van der Waals surface area contributed by atoms with Gasteiger partial charge in [-0.2, -0.15) is 11.8 Å². The maximum Gasteiger partial charge on any atom is 0.0624 e. The maximum absolute atomic E-state index is 5.76. The van der Waals surface area contributed by atoms with Gasteiger partial charge in [0.25, 0.3) is 0 Å². The monoisotopic (exact) mass is 204 g/mol. The summed E-state index contributed by atoms with van der Waals surface area (Å²) in [5, 5.41) is 0. The summed E-state index contributed by atoms with van der Waals surface area (Å²) in [7, 11) is 0. The first-order chi connectivity index (χ1) is 6.22. The lowest BCUT2D eigenvalue weighted by Crippen LogP contribution is -2.34. The molecule has 0 saturated carbocycles. The fourth-order valence-corrected chi connectivity index (χ4v) is 2.04. The Bertz CT molecular complexity index is 131. The van der Waals surface area contributed by atoms with Gasteiger partial charge in [-0.05, 0) is 32.9 Å². The Balaban J connectivity index is 2.17. The molecule has 1 rings (SSSR count). The molecule has 1 heterocycles. The molecular formula is C10H20O2S. The van der Waals surface area contributed by atoms with E-state index < -0.39 is 0 Å². The van der Waals surface area contributed by atoms with E-state index in [2.05, 4.69) is 20.1 Å². The first-order valence-corrected chi connectivity index (χ1v) is 6.37. The standard InChI is InChI=1S/C10H20O2S/c1-8-6-10(7-9(2)12-8)11-4-5-13-3/h8-10H,4-7H2,1-3H3. The molecule has 2 unspecified atom stereocenters. The van der Waals surface area contributed by atoms with Gasteiger partial charge < -0.3 is 9.47 Å². The lowest BCUT2D eigenvalue weighted by atomic mass is 10.0. The molecule has 0 aromatic rings. The zero-order chi connectivity index (χ0) is 9.68. The molecule has 1 fully saturated rings. The van der Waals surface area contributed by atoms with E-state index in [0.29, 0.717) is 18.3 Å². The number of ether oxygens (including phenoxy) is 2. The Morgan fingerprint density at radius 3 is 2.46 bits per heavy atom. The van der Waals surface area contributed by atoms with E-state index in [9.17, 15) is 0 Å². The third-order valence-corrected chi connectivity index (χ3v) is 2.87. The third kappa shape index (κ3) is 4.34. The van der Waals surface area contributed by atoms with Crippen molar-refractivity contribution in [3.63, 3.8) is 0 Å². The summed E-state index contributed by atoms with van der Waals surface area (Å²) >= 11 is 1.84. The predicted octanol–water partition coefficient (Wildman–Crippen LogP) is 2.32. The van der Waals surface area contributed by atoms with Crippen molar-refractivity contribution >= 4 is 11.8 Å². The van der Waals surface area contributed by atoms with Crippen LogP contribution < -0.4 is 0 Å². The molecule has 0 spiro atoms. The molecule has 2 atom stereocenters. The van der Waals surface area contributed by atoms with Gasteiger partial charge in [0, 0.05) is 5.75 Å². The summed E-state index contributed by atoms with van der Waals surface area (Å²) in [6.07, 6.45) is 5.37. The maximum atomic E-state index is 5.76. The highest BCUT2D eigenvalue weighted by Gasteiger charge is 2.24. The van der Waals surface area contributed by atoms with Gasteiger partial charge in [0.15, 0.2) is 0 Å². The summed E-state index contributed by atoms with van der Waals surface area (Å²) in [6, 6.07) is 0. The van der Waals surface area contributed by atoms with Crippen LogP contribution in [0.25, 0.3) is 0 Å². The Labute approximate surface area is 85.4 Å². The van der Waals surface area contributed by atoms with Crippen LogP contribution >= 0.6 is 11.8 Å². The van der Waals surface area contributed by atoms with Crippen molar-refractivity contribution in [1.82, 2.24) is 0 Å². The van der Waals surface area contributed by atoms with Crippen molar-refractivity contribution in [1.29, 1.82) is 0 Å². The minimum Gasteiger partial charge on any atom is -0.377 e. The molecular weight excluding hydrogens is 184 g/mol. The summed E-state index contributed by atoms with van der Waals surface area (Å²) in [6.45, 7) is 5.13. The number of hydrogen-bond acceptors (Lipinski definition) is 3. The molecule has 0 bridgehead atoms. The van der Waals surface area contributed by atoms with Crippen molar-refractivity contribution < 1.29 is 9.47 Å². The van der Waals surface area contributed by atoms with Crippen LogP contribution in [0.4, 0.5) is 0 Å². The summed E-state index contributed by atoms with van der Waals surface area (Å²) in [5.74, 6) is 1.10. The zero-order valence-electron chi connectivity index (χ0n) is 8.79. The van der Waals surface area contributed by atoms with Crippen molar-refractivity contribution in [3.05, 3.63) is 0 Å². The molecule has 3 heteroatoms. The van der Waals surface area contributed by atoms with E-state index in [1.54, 1.807) is 0 Å². The first kappa shape index (κ1) is 11.3. The Kier molecular flexibility index (Phi) is 5.14. The SMILES string of the molecule is CSCCOC1CC(C)OC(C)C1. The summed E-state index contributed by atoms with van der Waals surface area (Å²) < 4.78 is 11.4. The minimum atomic E-state index is 0.364. The topological polar surface area (TPSA) is 18.5 Å². The molecule has 13 heavy (non-hydrogen) atoms. The van der Waals surface area contributed by atoms with E-state index in [4.69, 9.17) is 9.47 Å². The number of hydrogen-bond donors (Lipinski definition) is 0. The molecule has 0 N–H and O–H groups in total. The Hall–Kier alpha value is 0.270. The average molecular weight is 204 g/mol. The molecule has 1 saturated heterocycles. The van der Waals surface area contributed by atoms with Crippen LogP contribution in [0.15, 0.2) is 0 Å². The molecule has 0 amide bonds. The van der Waals surface area contributed by atoms with Crippen molar-refractivity contribution in [2.75, 3.05) is 18.6 Å². The van der Waals surface area contributed by atoms with Gasteiger partial charge in [0.2, 0.25) is 0 Å². The van der Waals surface area contributed by atoms with Crippen LogP contribution in [0, 0.1) is 0 Å². The largest absolute Gasteiger partial charge is 0.377 e. The van der Waals surface area contributed by atoms with Crippen LogP contribution in [0.1, 0.15) is 26.7 Å². The highest BCUT2D eigenvalue weighted by molar-refractivity contribution is 7.98. The van der Waals surface area contributed by atoms with Gasteiger partial charge >= 0.3 is 0 Å². The van der Waals surface area contributed by atoms with E-state index in [1.807, 2.05) is 11.8 Å². The average Bonchev–Trinajstić information content (AvgIpc) is 2.03. The smallest absolute Gasteiger partial charge is 0.0624 e. The highest BCUT2D eigenvalue weighted by atomic mass is 32.2. The third-order valence-electron chi connectivity index (χ3n) is 2.30. The normalized spacial score (nSPS) is 34.8. The molecule has 0 radical (unpaired) electrons.